The van der Waals surface area contributed by atoms with Crippen molar-refractivity contribution in [2.45, 2.75) is 20.0 Å². The van der Waals surface area contributed by atoms with E-state index in [2.05, 4.69) is 22.7 Å². The number of rotatable bonds is 5. The summed E-state index contributed by atoms with van der Waals surface area (Å²) in [5.74, 6) is 0.321. The molecule has 5 nitrogen and oxygen atoms in total. The van der Waals surface area contributed by atoms with Crippen molar-refractivity contribution in [1.29, 1.82) is 0 Å². The number of ether oxygens (including phenoxy) is 1. The lowest BCUT2D eigenvalue weighted by Crippen LogP contribution is -2.50. The van der Waals surface area contributed by atoms with Gasteiger partial charge in [0.15, 0.2) is 11.2 Å². The third-order valence-corrected chi connectivity index (χ3v) is 3.50. The molecular formula is C18H21N3O2S. The average molecular weight is 343 g/mol. The first-order valence-corrected chi connectivity index (χ1v) is 8.00. The van der Waals surface area contributed by atoms with E-state index in [0.717, 1.165) is 16.3 Å². The van der Waals surface area contributed by atoms with Crippen molar-refractivity contribution in [3.05, 3.63) is 54.6 Å². The molecule has 0 aliphatic rings. The number of hydrogen-bond acceptors (Lipinski definition) is 3. The highest BCUT2D eigenvalue weighted by Gasteiger charge is 2.14. The van der Waals surface area contributed by atoms with Gasteiger partial charge < -0.3 is 10.1 Å². The van der Waals surface area contributed by atoms with Crippen LogP contribution in [0.5, 0.6) is 5.75 Å². The van der Waals surface area contributed by atoms with Crippen molar-refractivity contribution < 1.29 is 9.53 Å². The largest absolute Gasteiger partial charge is 0.481 e. The molecule has 0 spiro atoms. The molecule has 0 aliphatic heterocycles. The minimum Gasteiger partial charge on any atom is -0.481 e. The van der Waals surface area contributed by atoms with Crippen molar-refractivity contribution in [1.82, 2.24) is 16.2 Å². The fourth-order valence-electron chi connectivity index (χ4n) is 1.99. The van der Waals surface area contributed by atoms with E-state index in [9.17, 15) is 4.79 Å². The zero-order valence-electron chi connectivity index (χ0n) is 13.8. The Hall–Kier alpha value is -2.60. The number of thiocarbonyl (C=S) groups is 1. The monoisotopic (exact) mass is 343 g/mol. The maximum absolute atomic E-state index is 12.0. The molecule has 0 aromatic heterocycles. The minimum absolute atomic E-state index is 0.317. The highest BCUT2D eigenvalue weighted by molar-refractivity contribution is 7.80. The van der Waals surface area contributed by atoms with E-state index in [1.165, 1.54) is 0 Å². The van der Waals surface area contributed by atoms with E-state index in [4.69, 9.17) is 17.0 Å². The van der Waals surface area contributed by atoms with Crippen LogP contribution in [0.4, 0.5) is 0 Å². The number of carbonyl (C=O) groups is 1. The van der Waals surface area contributed by atoms with Crippen molar-refractivity contribution in [2.24, 2.45) is 0 Å². The Morgan fingerprint density at radius 1 is 1.21 bits per heavy atom. The van der Waals surface area contributed by atoms with E-state index >= 15 is 0 Å². The highest BCUT2D eigenvalue weighted by atomic mass is 32.1. The number of fused-ring (bicyclic) bond motifs is 1. The maximum Gasteiger partial charge on any atom is 0.279 e. The van der Waals surface area contributed by atoms with Gasteiger partial charge in [0, 0.05) is 6.54 Å². The molecule has 1 amide bonds. The number of amides is 1. The minimum atomic E-state index is -0.664. The van der Waals surface area contributed by atoms with Crippen LogP contribution in [0.25, 0.3) is 10.8 Å². The molecule has 3 N–H and O–H groups in total. The average Bonchev–Trinajstić information content (AvgIpc) is 2.57. The van der Waals surface area contributed by atoms with Crippen LogP contribution in [-0.4, -0.2) is 23.7 Å². The lowest BCUT2D eigenvalue weighted by Gasteiger charge is -2.16. The lowest BCUT2D eigenvalue weighted by atomic mass is 10.1. The van der Waals surface area contributed by atoms with Gasteiger partial charge in [-0.05, 0) is 49.0 Å². The SMILES string of the molecule is C=C(C)CNC(=S)NNC(=O)[C@H](C)Oc1ccc2ccccc2c1. The van der Waals surface area contributed by atoms with Crippen molar-refractivity contribution >= 4 is 34.0 Å². The van der Waals surface area contributed by atoms with Gasteiger partial charge in [-0.25, -0.2) is 0 Å². The molecule has 2 aromatic carbocycles. The van der Waals surface area contributed by atoms with Gasteiger partial charge in [-0.15, -0.1) is 0 Å². The molecule has 0 fully saturated rings. The molecule has 24 heavy (non-hydrogen) atoms. The summed E-state index contributed by atoms with van der Waals surface area (Å²) in [4.78, 5) is 12.0. The van der Waals surface area contributed by atoms with E-state index in [-0.39, 0.29) is 5.91 Å². The topological polar surface area (TPSA) is 62.4 Å². The summed E-state index contributed by atoms with van der Waals surface area (Å²) in [7, 11) is 0. The van der Waals surface area contributed by atoms with Crippen molar-refractivity contribution in [2.75, 3.05) is 6.54 Å². The third-order valence-electron chi connectivity index (χ3n) is 3.25. The Kier molecular flexibility index (Phi) is 6.14. The second kappa shape index (κ2) is 8.31. The third kappa shape index (κ3) is 5.24. The molecule has 0 saturated carbocycles. The van der Waals surface area contributed by atoms with Crippen LogP contribution in [-0.2, 0) is 4.79 Å². The lowest BCUT2D eigenvalue weighted by molar-refractivity contribution is -0.127. The summed E-state index contributed by atoms with van der Waals surface area (Å²) in [5, 5.41) is 5.42. The van der Waals surface area contributed by atoms with E-state index in [1.807, 2.05) is 49.4 Å². The molecule has 0 bridgehead atoms. The first-order valence-electron chi connectivity index (χ1n) is 7.59. The Morgan fingerprint density at radius 3 is 2.62 bits per heavy atom. The Morgan fingerprint density at radius 2 is 1.92 bits per heavy atom. The number of hydrogen-bond donors (Lipinski definition) is 3. The van der Waals surface area contributed by atoms with Gasteiger partial charge in [-0.2, -0.15) is 0 Å². The Bertz CT molecular complexity index is 761. The molecule has 2 aromatic rings. The van der Waals surface area contributed by atoms with Crippen LogP contribution < -0.4 is 20.9 Å². The van der Waals surface area contributed by atoms with Gasteiger partial charge in [0.05, 0.1) is 0 Å². The van der Waals surface area contributed by atoms with E-state index in [1.54, 1.807) is 6.92 Å². The number of nitrogens with one attached hydrogen (secondary N) is 3. The van der Waals surface area contributed by atoms with E-state index in [0.29, 0.717) is 17.4 Å². The van der Waals surface area contributed by atoms with Gasteiger partial charge in [0.25, 0.3) is 5.91 Å². The smallest absolute Gasteiger partial charge is 0.279 e. The second-order valence-corrected chi connectivity index (χ2v) is 5.93. The molecule has 6 heteroatoms. The number of benzene rings is 2. The molecule has 0 aliphatic carbocycles. The molecule has 2 rings (SSSR count). The predicted molar refractivity (Wildman–Crippen MR) is 101 cm³/mol. The van der Waals surface area contributed by atoms with Gasteiger partial charge in [0.2, 0.25) is 0 Å². The molecular weight excluding hydrogens is 322 g/mol. The summed E-state index contributed by atoms with van der Waals surface area (Å²) in [5.41, 5.74) is 6.09. The summed E-state index contributed by atoms with van der Waals surface area (Å²) in [6.07, 6.45) is -0.664. The first-order chi connectivity index (χ1) is 11.5. The van der Waals surface area contributed by atoms with Crippen molar-refractivity contribution in [3.63, 3.8) is 0 Å². The van der Waals surface area contributed by atoms with Crippen LogP contribution in [0.15, 0.2) is 54.6 Å². The zero-order chi connectivity index (χ0) is 17.5. The summed E-state index contributed by atoms with van der Waals surface area (Å²) >= 11 is 5.04. The summed E-state index contributed by atoms with van der Waals surface area (Å²) in [6, 6.07) is 13.7. The number of carbonyl (C=O) groups excluding carboxylic acids is 1. The van der Waals surface area contributed by atoms with Crippen LogP contribution in [0, 0.1) is 0 Å². The fourth-order valence-corrected chi connectivity index (χ4v) is 2.12. The zero-order valence-corrected chi connectivity index (χ0v) is 14.6. The van der Waals surface area contributed by atoms with Crippen LogP contribution in [0.1, 0.15) is 13.8 Å². The van der Waals surface area contributed by atoms with Gasteiger partial charge in [0.1, 0.15) is 5.75 Å². The Balaban J connectivity index is 1.86. The molecule has 0 unspecified atom stereocenters. The van der Waals surface area contributed by atoms with E-state index < -0.39 is 6.10 Å². The predicted octanol–water partition coefficient (Wildman–Crippen LogP) is 2.68. The number of hydrazine groups is 1. The quantitative estimate of drug-likeness (QED) is 0.443. The molecule has 1 atom stereocenters. The summed E-state index contributed by atoms with van der Waals surface area (Å²) in [6.45, 7) is 7.87. The molecule has 126 valence electrons. The van der Waals surface area contributed by atoms with Crippen LogP contribution in [0.3, 0.4) is 0 Å². The second-order valence-electron chi connectivity index (χ2n) is 5.52. The fraction of sp³-hybridized carbons (Fsp3) is 0.222. The standard InChI is InChI=1S/C18H21N3O2S/c1-12(2)11-19-18(24)21-20-17(22)13(3)23-16-9-8-14-6-4-5-7-15(14)10-16/h4-10,13H,1,11H2,2-3H3,(H,20,22)(H2,19,21,24)/t13-/m0/s1. The Labute approximate surface area is 147 Å². The van der Waals surface area contributed by atoms with Crippen molar-refractivity contribution in [3.8, 4) is 5.75 Å². The maximum atomic E-state index is 12.0. The van der Waals surface area contributed by atoms with Gasteiger partial charge in [-0.1, -0.05) is 42.5 Å². The molecule has 0 heterocycles. The van der Waals surface area contributed by atoms with Crippen LogP contribution in [0.2, 0.25) is 0 Å². The molecule has 0 radical (unpaired) electrons. The normalized spacial score (nSPS) is 11.4. The first kappa shape index (κ1) is 17.7. The van der Waals surface area contributed by atoms with Crippen LogP contribution >= 0.6 is 12.2 Å². The molecule has 0 saturated heterocycles. The highest BCUT2D eigenvalue weighted by Crippen LogP contribution is 2.21. The van der Waals surface area contributed by atoms with Gasteiger partial charge in [-0.3, -0.25) is 15.6 Å². The van der Waals surface area contributed by atoms with Gasteiger partial charge >= 0.3 is 0 Å². The summed E-state index contributed by atoms with van der Waals surface area (Å²) < 4.78 is 5.68.